The topological polar surface area (TPSA) is 131 Å². The van der Waals surface area contributed by atoms with Gasteiger partial charge >= 0.3 is 5.97 Å². The molecule has 0 bridgehead atoms. The van der Waals surface area contributed by atoms with Crippen LogP contribution in [0.2, 0.25) is 0 Å². The highest BCUT2D eigenvalue weighted by atomic mass is 16.6. The summed E-state index contributed by atoms with van der Waals surface area (Å²) in [6.07, 6.45) is 0. The number of hydrogen-bond donors (Lipinski definition) is 3. The van der Waals surface area contributed by atoms with Crippen LogP contribution in [0.3, 0.4) is 0 Å². The number of hydrogen-bond acceptors (Lipinski definition) is 6. The van der Waals surface area contributed by atoms with Crippen molar-refractivity contribution in [3.8, 4) is 0 Å². The van der Waals surface area contributed by atoms with E-state index in [9.17, 15) is 9.59 Å². The molecule has 1 amide bonds. The van der Waals surface area contributed by atoms with E-state index in [0.717, 1.165) is 0 Å². The molecule has 1 heterocycles. The van der Waals surface area contributed by atoms with Crippen molar-refractivity contribution in [1.82, 2.24) is 10.3 Å². The van der Waals surface area contributed by atoms with Gasteiger partial charge in [-0.25, -0.2) is 9.42 Å². The molecule has 0 aliphatic heterocycles. The highest BCUT2D eigenvalue weighted by Crippen LogP contribution is 2.26. The highest BCUT2D eigenvalue weighted by molar-refractivity contribution is 6.07. The highest BCUT2D eigenvalue weighted by Gasteiger charge is 2.15. The molecular formula is C14H10N4O4. The Morgan fingerprint density at radius 2 is 1.73 bits per heavy atom. The van der Waals surface area contributed by atoms with E-state index in [-0.39, 0.29) is 16.6 Å². The summed E-state index contributed by atoms with van der Waals surface area (Å²) in [4.78, 5) is 22.1. The average Bonchev–Trinajstić information content (AvgIpc) is 2.97. The zero-order valence-electron chi connectivity index (χ0n) is 11.1. The van der Waals surface area contributed by atoms with Crippen LogP contribution in [0.5, 0.6) is 0 Å². The van der Waals surface area contributed by atoms with Crippen molar-refractivity contribution in [2.45, 2.75) is 0 Å². The number of nitrogens with one attached hydrogen (secondary N) is 1. The van der Waals surface area contributed by atoms with Gasteiger partial charge in [-0.15, -0.1) is 0 Å². The monoisotopic (exact) mass is 298 g/mol. The largest absolute Gasteiger partial charge is 0.478 e. The maximum absolute atomic E-state index is 11.3. The predicted octanol–water partition coefficient (Wildman–Crippen LogP) is 1.76. The smallest absolute Gasteiger partial charge is 0.335 e. The van der Waals surface area contributed by atoms with E-state index >= 15 is 0 Å². The first-order chi connectivity index (χ1) is 10.6. The number of nitrogens with two attached hydrogens (primary N) is 1. The van der Waals surface area contributed by atoms with Crippen molar-refractivity contribution < 1.29 is 19.3 Å². The lowest BCUT2D eigenvalue weighted by atomic mass is 10.1. The fraction of sp³-hybridized carbons (Fsp3) is 0. The standard InChI is InChI=1S/C14H10N4O4/c15-13(19)9-5-6-10(12-11(9)17-22-18-12)16-8-3-1-7(2-4-8)14(20)21/h1-6,16H,(H2,15,19)(H,20,21). The second-order valence-corrected chi connectivity index (χ2v) is 4.49. The zero-order chi connectivity index (χ0) is 15.7. The molecule has 0 aliphatic carbocycles. The summed E-state index contributed by atoms with van der Waals surface area (Å²) in [6, 6.07) is 9.32. The number of aromatic carboxylic acids is 1. The maximum atomic E-state index is 11.3. The number of anilines is 2. The molecule has 0 aliphatic rings. The van der Waals surface area contributed by atoms with Crippen molar-refractivity contribution in [1.29, 1.82) is 0 Å². The molecule has 0 saturated heterocycles. The van der Waals surface area contributed by atoms with Gasteiger partial charge in [-0.3, -0.25) is 4.79 Å². The summed E-state index contributed by atoms with van der Waals surface area (Å²) in [5.74, 6) is -1.63. The molecule has 0 atom stereocenters. The van der Waals surface area contributed by atoms with Crippen molar-refractivity contribution in [3.05, 3.63) is 47.5 Å². The number of carboxylic acid groups (broad SMARTS) is 1. The Labute approximate surface area is 123 Å². The summed E-state index contributed by atoms with van der Waals surface area (Å²) in [5.41, 5.74) is 7.49. The van der Waals surface area contributed by atoms with Gasteiger partial charge in [-0.1, -0.05) is 0 Å². The van der Waals surface area contributed by atoms with Crippen LogP contribution in [0.25, 0.3) is 11.0 Å². The first-order valence-corrected chi connectivity index (χ1v) is 6.21. The van der Waals surface area contributed by atoms with Crippen LogP contribution >= 0.6 is 0 Å². The molecule has 0 unspecified atom stereocenters. The van der Waals surface area contributed by atoms with Gasteiger partial charge in [0, 0.05) is 5.69 Å². The van der Waals surface area contributed by atoms with Crippen LogP contribution in [0.15, 0.2) is 41.0 Å². The van der Waals surface area contributed by atoms with Gasteiger partial charge in [-0.2, -0.15) is 0 Å². The van der Waals surface area contributed by atoms with Crippen LogP contribution in [-0.2, 0) is 0 Å². The summed E-state index contributed by atoms with van der Waals surface area (Å²) in [7, 11) is 0. The zero-order valence-corrected chi connectivity index (χ0v) is 11.1. The van der Waals surface area contributed by atoms with Crippen LogP contribution in [0.1, 0.15) is 20.7 Å². The number of aromatic nitrogens is 2. The number of benzene rings is 2. The number of carbonyl (C=O) groups is 2. The van der Waals surface area contributed by atoms with Crippen LogP contribution in [0.4, 0.5) is 11.4 Å². The quantitative estimate of drug-likeness (QED) is 0.668. The first kappa shape index (κ1) is 13.6. The normalized spacial score (nSPS) is 10.5. The molecule has 2 aromatic carbocycles. The third-order valence-corrected chi connectivity index (χ3v) is 3.09. The molecule has 4 N–H and O–H groups in total. The maximum Gasteiger partial charge on any atom is 0.335 e. The lowest BCUT2D eigenvalue weighted by Crippen LogP contribution is -2.11. The fourth-order valence-corrected chi connectivity index (χ4v) is 2.02. The Kier molecular flexibility index (Phi) is 3.18. The Balaban J connectivity index is 1.97. The number of fused-ring (bicyclic) bond motifs is 1. The Hall–Kier alpha value is -3.42. The Morgan fingerprint density at radius 1 is 1.05 bits per heavy atom. The van der Waals surface area contributed by atoms with E-state index in [1.54, 1.807) is 18.2 Å². The van der Waals surface area contributed by atoms with Crippen molar-refractivity contribution in [2.75, 3.05) is 5.32 Å². The number of nitrogens with zero attached hydrogens (tertiary/aromatic N) is 2. The Morgan fingerprint density at radius 3 is 2.36 bits per heavy atom. The molecule has 3 aromatic rings. The number of carbonyl (C=O) groups excluding carboxylic acids is 1. The molecule has 22 heavy (non-hydrogen) atoms. The van der Waals surface area contributed by atoms with Gasteiger partial charge in [-0.05, 0) is 46.7 Å². The van der Waals surface area contributed by atoms with Gasteiger partial charge < -0.3 is 16.2 Å². The molecule has 1 aromatic heterocycles. The molecule has 3 rings (SSSR count). The summed E-state index contributed by atoms with van der Waals surface area (Å²) >= 11 is 0. The molecule has 0 fully saturated rings. The van der Waals surface area contributed by atoms with E-state index in [4.69, 9.17) is 10.8 Å². The SMILES string of the molecule is NC(=O)c1ccc(Nc2ccc(C(=O)O)cc2)c2nonc12. The second kappa shape index (κ2) is 5.17. The lowest BCUT2D eigenvalue weighted by Gasteiger charge is -2.07. The van der Waals surface area contributed by atoms with E-state index < -0.39 is 11.9 Å². The fourth-order valence-electron chi connectivity index (χ4n) is 2.02. The van der Waals surface area contributed by atoms with Crippen LogP contribution < -0.4 is 11.1 Å². The van der Waals surface area contributed by atoms with Gasteiger partial charge in [0.1, 0.15) is 5.52 Å². The molecule has 0 spiro atoms. The average molecular weight is 298 g/mol. The third kappa shape index (κ3) is 2.33. The molecule has 0 radical (unpaired) electrons. The predicted molar refractivity (Wildman–Crippen MR) is 77.0 cm³/mol. The van der Waals surface area contributed by atoms with Crippen molar-refractivity contribution in [2.24, 2.45) is 5.73 Å². The molecule has 8 nitrogen and oxygen atoms in total. The van der Waals surface area contributed by atoms with Crippen LogP contribution in [0, 0.1) is 0 Å². The van der Waals surface area contributed by atoms with E-state index in [1.807, 2.05) is 0 Å². The molecule has 8 heteroatoms. The summed E-state index contributed by atoms with van der Waals surface area (Å²) in [6.45, 7) is 0. The van der Waals surface area contributed by atoms with Gasteiger partial charge in [0.2, 0.25) is 0 Å². The van der Waals surface area contributed by atoms with Crippen LogP contribution in [-0.4, -0.2) is 27.3 Å². The van der Waals surface area contributed by atoms with Crippen molar-refractivity contribution in [3.63, 3.8) is 0 Å². The molecule has 0 saturated carbocycles. The van der Waals surface area contributed by atoms with Gasteiger partial charge in [0.15, 0.2) is 5.52 Å². The van der Waals surface area contributed by atoms with E-state index in [1.165, 1.54) is 18.2 Å². The third-order valence-electron chi connectivity index (χ3n) is 3.09. The van der Waals surface area contributed by atoms with Crippen molar-refractivity contribution >= 4 is 34.3 Å². The minimum atomic E-state index is -1.000. The van der Waals surface area contributed by atoms with E-state index in [0.29, 0.717) is 16.9 Å². The minimum Gasteiger partial charge on any atom is -0.478 e. The summed E-state index contributed by atoms with van der Waals surface area (Å²) in [5, 5.41) is 19.4. The number of primary amides is 1. The number of rotatable bonds is 4. The second-order valence-electron chi connectivity index (χ2n) is 4.49. The summed E-state index contributed by atoms with van der Waals surface area (Å²) < 4.78 is 4.66. The van der Waals surface area contributed by atoms with Gasteiger partial charge in [0.25, 0.3) is 5.91 Å². The van der Waals surface area contributed by atoms with Gasteiger partial charge in [0.05, 0.1) is 16.8 Å². The number of carboxylic acids is 1. The molecule has 110 valence electrons. The van der Waals surface area contributed by atoms with E-state index in [2.05, 4.69) is 20.3 Å². The lowest BCUT2D eigenvalue weighted by molar-refractivity contribution is 0.0696. The first-order valence-electron chi connectivity index (χ1n) is 6.21. The number of amides is 1. The molecular weight excluding hydrogens is 288 g/mol. The minimum absolute atomic E-state index is 0.183. The Bertz CT molecular complexity index is 870.